The summed E-state index contributed by atoms with van der Waals surface area (Å²) in [5.41, 5.74) is 4.84. The molecule has 0 radical (unpaired) electrons. The van der Waals surface area contributed by atoms with Crippen molar-refractivity contribution >= 4 is 26.5 Å². The molecule has 8 heavy (non-hydrogen) atoms. The molecule has 0 aromatic heterocycles. The molecule has 0 aliphatic heterocycles. The maximum Gasteiger partial charge on any atom is 0.254 e. The van der Waals surface area contributed by atoms with Gasteiger partial charge in [-0.25, -0.2) is 0 Å². The second-order valence-electron chi connectivity index (χ2n) is 1.24. The highest BCUT2D eigenvalue weighted by atomic mass is 32.8. The molecule has 2 N–H and O–H groups in total. The molecule has 0 bridgehead atoms. The molecule has 0 saturated carbocycles. The van der Waals surface area contributed by atoms with Crippen molar-refractivity contribution in [3.05, 3.63) is 11.5 Å². The van der Waals surface area contributed by atoms with Crippen molar-refractivity contribution in [1.82, 2.24) is 0 Å². The zero-order valence-corrected chi connectivity index (χ0v) is 6.14. The zero-order chi connectivity index (χ0) is 6.73. The molecule has 0 aliphatic carbocycles. The summed E-state index contributed by atoms with van der Waals surface area (Å²) in [6.07, 6.45) is 1.72. The van der Waals surface area contributed by atoms with Crippen LogP contribution in [0.3, 0.4) is 0 Å². The van der Waals surface area contributed by atoms with Crippen LogP contribution in [-0.2, 0) is 25.4 Å². The Morgan fingerprint density at radius 1 is 1.88 bits per heavy atom. The highest BCUT2D eigenvalue weighted by molar-refractivity contribution is 8.31. The van der Waals surface area contributed by atoms with Gasteiger partial charge in [-0.05, 0) is 17.4 Å². The summed E-state index contributed by atoms with van der Waals surface area (Å²) in [4.78, 5) is 10.5. The molecule has 0 aliphatic rings. The van der Waals surface area contributed by atoms with E-state index in [1.54, 1.807) is 6.26 Å². The number of hydrogen-bond donors (Lipinski definition) is 1. The molecule has 2 nitrogen and oxygen atoms in total. The number of amides is 1. The van der Waals surface area contributed by atoms with Crippen molar-refractivity contribution in [3.63, 3.8) is 0 Å². The minimum atomic E-state index is -0.495. The van der Waals surface area contributed by atoms with Gasteiger partial charge in [-0.2, -0.15) is 0 Å². The van der Waals surface area contributed by atoms with Crippen LogP contribution in [0.1, 0.15) is 0 Å². The fraction of sp³-hybridized carbons (Fsp3) is 0.250. The summed E-state index contributed by atoms with van der Waals surface area (Å²) < 4.78 is 0. The van der Waals surface area contributed by atoms with Gasteiger partial charge < -0.3 is 5.73 Å². The van der Waals surface area contributed by atoms with Gasteiger partial charge in [0.25, 0.3) is 5.91 Å². The van der Waals surface area contributed by atoms with Crippen LogP contribution in [0.4, 0.5) is 0 Å². The molecule has 1 atom stereocenters. The Bertz CT molecular complexity index is 136. The Labute approximate surface area is 55.3 Å². The standard InChI is InChI=1S/C4H7NOS2/c1-3(4(5)6)8(2)7/h1H2,2H3,(H2,5,6). The molecule has 0 aromatic carbocycles. The fourth-order valence-electron chi connectivity index (χ4n) is 0.142. The summed E-state index contributed by atoms with van der Waals surface area (Å²) in [6.45, 7) is 3.39. The molecule has 4 heteroatoms. The second kappa shape index (κ2) is 2.94. The quantitative estimate of drug-likeness (QED) is 0.548. The predicted octanol–water partition coefficient (Wildman–Crippen LogP) is -0.305. The highest BCUT2D eigenvalue weighted by Crippen LogP contribution is 1.91. The molecule has 0 aromatic rings. The van der Waals surface area contributed by atoms with E-state index in [0.29, 0.717) is 4.91 Å². The largest absolute Gasteiger partial charge is 0.365 e. The minimum absolute atomic E-state index is 0.333. The van der Waals surface area contributed by atoms with Crippen molar-refractivity contribution < 1.29 is 4.79 Å². The minimum Gasteiger partial charge on any atom is -0.365 e. The summed E-state index contributed by atoms with van der Waals surface area (Å²) in [5.74, 6) is -0.495. The molecule has 0 saturated heterocycles. The van der Waals surface area contributed by atoms with Gasteiger partial charge in [0.15, 0.2) is 0 Å². The Kier molecular flexibility index (Phi) is 2.86. The Morgan fingerprint density at radius 2 is 2.25 bits per heavy atom. The smallest absolute Gasteiger partial charge is 0.254 e. The normalized spacial score (nSPS) is 12.6. The van der Waals surface area contributed by atoms with Crippen LogP contribution >= 0.6 is 0 Å². The summed E-state index contributed by atoms with van der Waals surface area (Å²) >= 11 is 4.71. The molecule has 46 valence electrons. The van der Waals surface area contributed by atoms with Gasteiger partial charge in [-0.15, -0.1) is 0 Å². The number of carbonyl (C=O) groups is 1. The molecule has 0 spiro atoms. The number of nitrogens with two attached hydrogens (primary N) is 1. The lowest BCUT2D eigenvalue weighted by Crippen LogP contribution is -2.15. The third-order valence-electron chi connectivity index (χ3n) is 0.622. The summed E-state index contributed by atoms with van der Waals surface area (Å²) in [6, 6.07) is 0. The molecule has 1 amide bonds. The molecular weight excluding hydrogens is 142 g/mol. The van der Waals surface area contributed by atoms with Crippen molar-refractivity contribution in [2.45, 2.75) is 0 Å². The monoisotopic (exact) mass is 149 g/mol. The number of rotatable bonds is 2. The van der Waals surface area contributed by atoms with Gasteiger partial charge in [0.1, 0.15) is 0 Å². The second-order valence-corrected chi connectivity index (χ2v) is 4.14. The Morgan fingerprint density at radius 3 is 2.25 bits per heavy atom. The van der Waals surface area contributed by atoms with Gasteiger partial charge >= 0.3 is 0 Å². The third-order valence-corrected chi connectivity index (χ3v) is 2.12. The molecule has 1 unspecified atom stereocenters. The van der Waals surface area contributed by atoms with E-state index in [0.717, 1.165) is 0 Å². The van der Waals surface area contributed by atoms with Crippen LogP contribution in [0.25, 0.3) is 0 Å². The van der Waals surface area contributed by atoms with Crippen molar-refractivity contribution in [2.24, 2.45) is 5.73 Å². The molecular formula is C4H7NOS2. The SMILES string of the molecule is C=C(C(N)=O)S(C)=S. The van der Waals surface area contributed by atoms with E-state index < -0.39 is 15.4 Å². The first-order valence-corrected chi connectivity index (χ1v) is 4.43. The van der Waals surface area contributed by atoms with Crippen LogP contribution in [-0.4, -0.2) is 12.2 Å². The Balaban J connectivity index is 4.05. The lowest BCUT2D eigenvalue weighted by atomic mass is 10.6. The Hall–Kier alpha value is -0.220. The van der Waals surface area contributed by atoms with Gasteiger partial charge in [0, 0.05) is 0 Å². The molecule has 0 rings (SSSR count). The topological polar surface area (TPSA) is 43.1 Å². The van der Waals surface area contributed by atoms with E-state index in [1.807, 2.05) is 0 Å². The fourth-order valence-corrected chi connectivity index (χ4v) is 0.671. The van der Waals surface area contributed by atoms with E-state index in [4.69, 9.17) is 16.9 Å². The lowest BCUT2D eigenvalue weighted by Gasteiger charge is -1.94. The van der Waals surface area contributed by atoms with Crippen LogP contribution in [0.15, 0.2) is 11.5 Å². The third kappa shape index (κ3) is 2.18. The van der Waals surface area contributed by atoms with E-state index in [2.05, 4.69) is 6.58 Å². The number of carbonyl (C=O) groups excluding carboxylic acids is 1. The maximum atomic E-state index is 10.2. The maximum absolute atomic E-state index is 10.2. The van der Waals surface area contributed by atoms with E-state index in [-0.39, 0.29) is 0 Å². The first-order chi connectivity index (χ1) is 3.55. The van der Waals surface area contributed by atoms with Gasteiger partial charge in [-0.3, -0.25) is 4.79 Å². The first-order valence-electron chi connectivity index (χ1n) is 1.88. The van der Waals surface area contributed by atoms with E-state index in [9.17, 15) is 4.79 Å². The summed E-state index contributed by atoms with van der Waals surface area (Å²) in [7, 11) is -0.476. The van der Waals surface area contributed by atoms with Crippen molar-refractivity contribution in [2.75, 3.05) is 6.26 Å². The van der Waals surface area contributed by atoms with Crippen molar-refractivity contribution in [1.29, 1.82) is 0 Å². The average Bonchev–Trinajstić information content (AvgIpc) is 1.64. The van der Waals surface area contributed by atoms with Gasteiger partial charge in [-0.1, -0.05) is 16.0 Å². The zero-order valence-electron chi connectivity index (χ0n) is 4.51. The number of primary amides is 1. The van der Waals surface area contributed by atoms with Crippen LogP contribution < -0.4 is 5.73 Å². The molecule has 0 heterocycles. The predicted molar refractivity (Wildman–Crippen MR) is 39.0 cm³/mol. The highest BCUT2D eigenvalue weighted by Gasteiger charge is 1.99. The van der Waals surface area contributed by atoms with Gasteiger partial charge in [0.2, 0.25) is 0 Å². The van der Waals surface area contributed by atoms with Crippen LogP contribution in [0.5, 0.6) is 0 Å². The van der Waals surface area contributed by atoms with Crippen molar-refractivity contribution in [3.8, 4) is 0 Å². The van der Waals surface area contributed by atoms with Gasteiger partial charge in [0.05, 0.1) is 4.91 Å². The molecule has 0 fully saturated rings. The summed E-state index contributed by atoms with van der Waals surface area (Å²) in [5, 5.41) is 0. The average molecular weight is 149 g/mol. The van der Waals surface area contributed by atoms with E-state index >= 15 is 0 Å². The number of hydrogen-bond acceptors (Lipinski definition) is 2. The van der Waals surface area contributed by atoms with Crippen LogP contribution in [0.2, 0.25) is 0 Å². The lowest BCUT2D eigenvalue weighted by molar-refractivity contribution is -0.113. The van der Waals surface area contributed by atoms with Crippen LogP contribution in [0, 0.1) is 0 Å². The van der Waals surface area contributed by atoms with E-state index in [1.165, 1.54) is 0 Å². The first kappa shape index (κ1) is 7.78.